The SMILES string of the molecule is CCN(CC)C(C)(C)C(NC)c1cc(C)ccc1OC. The molecule has 20 heavy (non-hydrogen) atoms. The topological polar surface area (TPSA) is 24.5 Å². The normalized spacial score (nSPS) is 13.6. The molecule has 1 aromatic rings. The predicted molar refractivity (Wildman–Crippen MR) is 86.5 cm³/mol. The summed E-state index contributed by atoms with van der Waals surface area (Å²) in [4.78, 5) is 2.48. The molecule has 1 N–H and O–H groups in total. The fraction of sp³-hybridized carbons (Fsp3) is 0.647. The Balaban J connectivity index is 3.28. The molecule has 0 bridgehead atoms. The van der Waals surface area contributed by atoms with Crippen LogP contribution in [0.15, 0.2) is 18.2 Å². The highest BCUT2D eigenvalue weighted by molar-refractivity contribution is 5.40. The van der Waals surface area contributed by atoms with E-state index in [1.807, 2.05) is 7.05 Å². The predicted octanol–water partition coefficient (Wildman–Crippen LogP) is 3.38. The highest BCUT2D eigenvalue weighted by Gasteiger charge is 2.35. The lowest BCUT2D eigenvalue weighted by molar-refractivity contribution is 0.0933. The van der Waals surface area contributed by atoms with Gasteiger partial charge in [0.15, 0.2) is 0 Å². The van der Waals surface area contributed by atoms with Crippen LogP contribution in [0.25, 0.3) is 0 Å². The summed E-state index contributed by atoms with van der Waals surface area (Å²) in [6, 6.07) is 6.61. The van der Waals surface area contributed by atoms with Gasteiger partial charge in [-0.2, -0.15) is 0 Å². The molecular formula is C17H30N2O. The number of hydrogen-bond acceptors (Lipinski definition) is 3. The van der Waals surface area contributed by atoms with Crippen LogP contribution in [0.5, 0.6) is 5.75 Å². The minimum absolute atomic E-state index is 0.0132. The molecule has 0 saturated carbocycles. The van der Waals surface area contributed by atoms with Crippen LogP contribution in [0.2, 0.25) is 0 Å². The summed E-state index contributed by atoms with van der Waals surface area (Å²) in [5, 5.41) is 3.49. The maximum atomic E-state index is 5.57. The molecule has 1 unspecified atom stereocenters. The highest BCUT2D eigenvalue weighted by Crippen LogP contribution is 2.36. The maximum absolute atomic E-state index is 5.57. The minimum Gasteiger partial charge on any atom is -0.496 e. The number of aryl methyl sites for hydroxylation is 1. The van der Waals surface area contributed by atoms with Gasteiger partial charge < -0.3 is 10.1 Å². The van der Waals surface area contributed by atoms with Gasteiger partial charge in [0, 0.05) is 11.1 Å². The van der Waals surface area contributed by atoms with Crippen molar-refractivity contribution in [1.29, 1.82) is 0 Å². The Hall–Kier alpha value is -1.06. The lowest BCUT2D eigenvalue weighted by Gasteiger charge is -2.44. The molecule has 0 radical (unpaired) electrons. The van der Waals surface area contributed by atoms with E-state index in [4.69, 9.17) is 4.74 Å². The first-order chi connectivity index (χ1) is 9.42. The van der Waals surface area contributed by atoms with E-state index in [0.717, 1.165) is 18.8 Å². The van der Waals surface area contributed by atoms with E-state index in [1.54, 1.807) is 7.11 Å². The van der Waals surface area contributed by atoms with Gasteiger partial charge in [-0.25, -0.2) is 0 Å². The zero-order chi connectivity index (χ0) is 15.3. The number of methoxy groups -OCH3 is 1. The fourth-order valence-corrected chi connectivity index (χ4v) is 3.19. The van der Waals surface area contributed by atoms with Crippen LogP contribution in [0.1, 0.15) is 44.9 Å². The average Bonchev–Trinajstić information content (AvgIpc) is 2.40. The lowest BCUT2D eigenvalue weighted by Crippen LogP contribution is -2.52. The minimum atomic E-state index is 0.0132. The van der Waals surface area contributed by atoms with Crippen molar-refractivity contribution in [2.45, 2.75) is 46.2 Å². The van der Waals surface area contributed by atoms with E-state index < -0.39 is 0 Å². The number of nitrogens with zero attached hydrogens (tertiary/aromatic N) is 1. The van der Waals surface area contributed by atoms with Gasteiger partial charge in [0.1, 0.15) is 5.75 Å². The number of benzene rings is 1. The highest BCUT2D eigenvalue weighted by atomic mass is 16.5. The van der Waals surface area contributed by atoms with Crippen LogP contribution < -0.4 is 10.1 Å². The number of hydrogen-bond donors (Lipinski definition) is 1. The van der Waals surface area contributed by atoms with Crippen molar-refractivity contribution in [1.82, 2.24) is 10.2 Å². The summed E-state index contributed by atoms with van der Waals surface area (Å²) in [5.41, 5.74) is 2.50. The molecule has 3 heteroatoms. The van der Waals surface area contributed by atoms with E-state index in [-0.39, 0.29) is 11.6 Å². The zero-order valence-corrected chi connectivity index (χ0v) is 14.1. The third-order valence-corrected chi connectivity index (χ3v) is 4.27. The molecule has 0 amide bonds. The molecule has 0 fully saturated rings. The van der Waals surface area contributed by atoms with Gasteiger partial charge in [0.2, 0.25) is 0 Å². The molecular weight excluding hydrogens is 248 g/mol. The molecule has 1 aromatic carbocycles. The van der Waals surface area contributed by atoms with Crippen molar-refractivity contribution >= 4 is 0 Å². The summed E-state index contributed by atoms with van der Waals surface area (Å²) in [6.45, 7) is 13.2. The van der Waals surface area contributed by atoms with Crippen molar-refractivity contribution < 1.29 is 4.74 Å². The largest absolute Gasteiger partial charge is 0.496 e. The van der Waals surface area contributed by atoms with Gasteiger partial charge in [-0.1, -0.05) is 31.5 Å². The quantitative estimate of drug-likeness (QED) is 0.827. The first kappa shape index (κ1) is 17.0. The van der Waals surface area contributed by atoms with Gasteiger partial charge in [-0.15, -0.1) is 0 Å². The zero-order valence-electron chi connectivity index (χ0n) is 14.1. The third kappa shape index (κ3) is 3.33. The van der Waals surface area contributed by atoms with Crippen LogP contribution >= 0.6 is 0 Å². The second-order valence-electron chi connectivity index (χ2n) is 5.79. The van der Waals surface area contributed by atoms with Crippen LogP contribution in [0.3, 0.4) is 0 Å². The molecule has 0 saturated heterocycles. The van der Waals surface area contributed by atoms with Gasteiger partial charge in [0.25, 0.3) is 0 Å². The Morgan fingerprint density at radius 3 is 2.30 bits per heavy atom. The van der Waals surface area contributed by atoms with Crippen molar-refractivity contribution in [2.24, 2.45) is 0 Å². The van der Waals surface area contributed by atoms with Crippen LogP contribution in [0, 0.1) is 6.92 Å². The molecule has 0 aromatic heterocycles. The van der Waals surface area contributed by atoms with E-state index >= 15 is 0 Å². The number of nitrogens with one attached hydrogen (secondary N) is 1. The standard InChI is InChI=1S/C17H30N2O/c1-8-19(9-2)17(4,5)16(18-6)14-12-13(3)10-11-15(14)20-7/h10-12,16,18H,8-9H2,1-7H3. The molecule has 114 valence electrons. The Morgan fingerprint density at radius 1 is 1.25 bits per heavy atom. The van der Waals surface area contributed by atoms with Gasteiger partial charge >= 0.3 is 0 Å². The molecule has 0 aliphatic heterocycles. The van der Waals surface area contributed by atoms with E-state index in [9.17, 15) is 0 Å². The molecule has 3 nitrogen and oxygen atoms in total. The second-order valence-corrected chi connectivity index (χ2v) is 5.79. The number of likely N-dealkylation sites (N-methyl/N-ethyl adjacent to an activating group) is 2. The first-order valence-corrected chi connectivity index (χ1v) is 7.49. The molecule has 1 rings (SSSR count). The van der Waals surface area contributed by atoms with Crippen LogP contribution in [-0.4, -0.2) is 37.7 Å². The molecule has 0 aliphatic rings. The van der Waals surface area contributed by atoms with Crippen molar-refractivity contribution in [3.63, 3.8) is 0 Å². The Kier molecular flexibility index (Phi) is 6.03. The van der Waals surface area contributed by atoms with Crippen LogP contribution in [0.4, 0.5) is 0 Å². The summed E-state index contributed by atoms with van der Waals surface area (Å²) in [5.74, 6) is 0.954. The summed E-state index contributed by atoms with van der Waals surface area (Å²) >= 11 is 0. The molecule has 0 spiro atoms. The van der Waals surface area contributed by atoms with Crippen molar-refractivity contribution in [2.75, 3.05) is 27.2 Å². The Morgan fingerprint density at radius 2 is 1.85 bits per heavy atom. The summed E-state index contributed by atoms with van der Waals surface area (Å²) in [7, 11) is 3.77. The second kappa shape index (κ2) is 7.09. The maximum Gasteiger partial charge on any atom is 0.123 e. The summed E-state index contributed by atoms with van der Waals surface area (Å²) in [6.07, 6.45) is 0. The van der Waals surface area contributed by atoms with Gasteiger partial charge in [0.05, 0.1) is 13.2 Å². The molecule has 1 atom stereocenters. The lowest BCUT2D eigenvalue weighted by atomic mass is 9.85. The Labute approximate surface area is 124 Å². The molecule has 0 heterocycles. The van der Waals surface area contributed by atoms with E-state index in [1.165, 1.54) is 11.1 Å². The molecule has 0 aliphatic carbocycles. The van der Waals surface area contributed by atoms with Gasteiger partial charge in [-0.05, 0) is 47.0 Å². The van der Waals surface area contributed by atoms with E-state index in [2.05, 4.69) is 63.0 Å². The smallest absolute Gasteiger partial charge is 0.123 e. The van der Waals surface area contributed by atoms with E-state index in [0.29, 0.717) is 0 Å². The Bertz CT molecular complexity index is 425. The number of rotatable bonds is 7. The van der Waals surface area contributed by atoms with Gasteiger partial charge in [-0.3, -0.25) is 4.90 Å². The summed E-state index contributed by atoms with van der Waals surface area (Å²) < 4.78 is 5.57. The average molecular weight is 278 g/mol. The van der Waals surface area contributed by atoms with Crippen molar-refractivity contribution in [3.05, 3.63) is 29.3 Å². The van der Waals surface area contributed by atoms with Crippen molar-refractivity contribution in [3.8, 4) is 5.75 Å². The third-order valence-electron chi connectivity index (χ3n) is 4.27. The fourth-order valence-electron chi connectivity index (χ4n) is 3.19. The number of ether oxygens (including phenoxy) is 1. The first-order valence-electron chi connectivity index (χ1n) is 7.49. The van der Waals surface area contributed by atoms with Crippen LogP contribution in [-0.2, 0) is 0 Å². The monoisotopic (exact) mass is 278 g/mol.